The highest BCUT2D eigenvalue weighted by Crippen LogP contribution is 2.40. The molecule has 1 atom stereocenters. The van der Waals surface area contributed by atoms with E-state index < -0.39 is 24.4 Å². The molecule has 0 aliphatic rings. The summed E-state index contributed by atoms with van der Waals surface area (Å²) < 4.78 is 33.1. The minimum absolute atomic E-state index is 0.0696. The van der Waals surface area contributed by atoms with Crippen LogP contribution in [0.3, 0.4) is 0 Å². The molecule has 0 fully saturated rings. The van der Waals surface area contributed by atoms with Gasteiger partial charge in [0.2, 0.25) is 15.9 Å². The summed E-state index contributed by atoms with van der Waals surface area (Å²) in [6.07, 6.45) is 1.43. The van der Waals surface area contributed by atoms with Gasteiger partial charge in [-0.05, 0) is 79.4 Å². The van der Waals surface area contributed by atoms with Gasteiger partial charge in [0.15, 0.2) is 8.32 Å². The van der Waals surface area contributed by atoms with E-state index in [-0.39, 0.29) is 51.7 Å². The van der Waals surface area contributed by atoms with Gasteiger partial charge in [-0.15, -0.1) is 0 Å². The summed E-state index contributed by atoms with van der Waals surface area (Å²) in [5, 5.41) is 27.4. The molecule has 5 N–H and O–H groups in total. The fraction of sp³-hybridized carbons (Fsp3) is 0.441. The maximum atomic E-state index is 12.7. The Kier molecular flexibility index (Phi) is 12.5. The molecule has 0 unspecified atom stereocenters. The molecule has 47 heavy (non-hydrogen) atoms. The highest BCUT2D eigenvalue weighted by atomic mass is 35.5. The van der Waals surface area contributed by atoms with Crippen molar-refractivity contribution < 1.29 is 27.9 Å². The highest BCUT2D eigenvalue weighted by Gasteiger charge is 2.40. The van der Waals surface area contributed by atoms with Crippen LogP contribution < -0.4 is 15.4 Å². The Labute approximate surface area is 290 Å². The van der Waals surface area contributed by atoms with E-state index >= 15 is 0 Å². The third-order valence-electron chi connectivity index (χ3n) is 8.28. The van der Waals surface area contributed by atoms with E-state index in [1.54, 1.807) is 18.2 Å². The first-order valence-corrected chi connectivity index (χ1v) is 20.9. The van der Waals surface area contributed by atoms with E-state index in [1.165, 1.54) is 12.1 Å². The third kappa shape index (κ3) is 11.7. The van der Waals surface area contributed by atoms with Crippen LogP contribution in [0.5, 0.6) is 11.5 Å². The van der Waals surface area contributed by atoms with Gasteiger partial charge in [-0.1, -0.05) is 74.3 Å². The number of nitrogens with one attached hydrogen (secondary N) is 3. The molecule has 0 bridgehead atoms. The number of sulfonamides is 1. The average molecular weight is 725 g/mol. The van der Waals surface area contributed by atoms with Crippen molar-refractivity contribution in [1.82, 2.24) is 10.6 Å². The summed E-state index contributed by atoms with van der Waals surface area (Å²) in [6, 6.07) is 15.7. The number of amides is 1. The van der Waals surface area contributed by atoms with Crippen molar-refractivity contribution in [2.24, 2.45) is 0 Å². The predicted octanol–water partition coefficient (Wildman–Crippen LogP) is 7.31. The number of aromatic hydroxyl groups is 2. The van der Waals surface area contributed by atoms with Gasteiger partial charge in [-0.2, -0.15) is 0 Å². The van der Waals surface area contributed by atoms with Crippen molar-refractivity contribution in [3.8, 4) is 11.5 Å². The molecule has 0 aliphatic heterocycles. The number of benzene rings is 3. The van der Waals surface area contributed by atoms with Gasteiger partial charge >= 0.3 is 0 Å². The molecule has 258 valence electrons. The summed E-state index contributed by atoms with van der Waals surface area (Å²) in [6.45, 7) is 15.5. The first-order valence-electron chi connectivity index (χ1n) is 15.3. The minimum Gasteiger partial charge on any atom is -0.506 e. The Morgan fingerprint density at radius 3 is 2.28 bits per heavy atom. The van der Waals surface area contributed by atoms with Gasteiger partial charge in [0.1, 0.15) is 11.5 Å². The van der Waals surface area contributed by atoms with Crippen molar-refractivity contribution >= 4 is 53.1 Å². The van der Waals surface area contributed by atoms with E-state index in [0.29, 0.717) is 23.6 Å². The molecule has 9 nitrogen and oxygen atoms in total. The Bertz CT molecular complexity index is 1690. The number of halogens is 2. The van der Waals surface area contributed by atoms with Gasteiger partial charge in [-0.3, -0.25) is 9.52 Å². The Balaban J connectivity index is 1.73. The minimum atomic E-state index is -3.61. The molecular formula is C34H47Cl2N3O6SSi. The number of hydrogen-bond acceptors (Lipinski definition) is 7. The van der Waals surface area contributed by atoms with Crippen LogP contribution in [-0.2, 0) is 38.6 Å². The van der Waals surface area contributed by atoms with Gasteiger partial charge in [0.25, 0.3) is 0 Å². The lowest BCUT2D eigenvalue weighted by Gasteiger charge is -2.40. The second kappa shape index (κ2) is 15.2. The van der Waals surface area contributed by atoms with E-state index in [0.717, 1.165) is 22.9 Å². The van der Waals surface area contributed by atoms with Crippen LogP contribution >= 0.6 is 23.2 Å². The number of carbonyl (C=O) groups is 1. The zero-order chi connectivity index (χ0) is 35.4. The molecule has 13 heteroatoms. The molecule has 3 aromatic carbocycles. The van der Waals surface area contributed by atoms with Crippen LogP contribution in [-0.4, -0.2) is 51.2 Å². The van der Waals surface area contributed by atoms with Crippen molar-refractivity contribution in [1.29, 1.82) is 0 Å². The number of carbonyl (C=O) groups excluding carboxylic acids is 1. The number of phenols is 2. The molecular weight excluding hydrogens is 677 g/mol. The molecule has 0 spiro atoms. The average Bonchev–Trinajstić information content (AvgIpc) is 2.92. The number of anilines is 1. The normalized spacial score (nSPS) is 13.3. The largest absolute Gasteiger partial charge is 0.506 e. The van der Waals surface area contributed by atoms with Crippen LogP contribution in [0.15, 0.2) is 54.6 Å². The van der Waals surface area contributed by atoms with Crippen molar-refractivity contribution in [3.63, 3.8) is 0 Å². The molecule has 0 saturated heterocycles. The SMILES string of the molecule is CC(C)(Cc1cccc(CC(=O)NCc2cc(Cl)cc(Cl)c2O)c1)NC[C@H](O[Si](C)(C)C(C)(C)C)c1ccc(O)c(NS(C)(=O)=O)c1. The van der Waals surface area contributed by atoms with Gasteiger partial charge in [0.05, 0.1) is 29.5 Å². The summed E-state index contributed by atoms with van der Waals surface area (Å²) in [4.78, 5) is 12.7. The van der Waals surface area contributed by atoms with Gasteiger partial charge in [0, 0.05) is 29.2 Å². The Morgan fingerprint density at radius 1 is 0.979 bits per heavy atom. The standard InChI is InChI=1S/C34H47Cl2N3O6SSi/c1-33(2,3)47(7,8)45-30(24-12-13-29(40)28(17-24)39-46(6,43)44)21-38-34(4,5)19-23-11-9-10-22(14-23)15-31(41)37-20-25-16-26(35)18-27(36)32(25)42/h9-14,16-18,30,38-40,42H,15,19-21H2,1-8H3,(H,37,41)/t30-/m0/s1. The lowest BCUT2D eigenvalue weighted by atomic mass is 9.93. The zero-order valence-electron chi connectivity index (χ0n) is 28.3. The monoisotopic (exact) mass is 723 g/mol. The van der Waals surface area contributed by atoms with Gasteiger partial charge in [-0.25, -0.2) is 8.42 Å². The smallest absolute Gasteiger partial charge is 0.229 e. The highest BCUT2D eigenvalue weighted by molar-refractivity contribution is 7.92. The molecule has 0 aromatic heterocycles. The molecule has 3 rings (SSSR count). The molecule has 0 radical (unpaired) electrons. The summed E-state index contributed by atoms with van der Waals surface area (Å²) in [5.41, 5.74) is 2.77. The fourth-order valence-electron chi connectivity index (χ4n) is 4.78. The molecule has 0 saturated carbocycles. The second-order valence-corrected chi connectivity index (χ2v) is 21.5. The van der Waals surface area contributed by atoms with Crippen LogP contribution in [0.25, 0.3) is 0 Å². The zero-order valence-corrected chi connectivity index (χ0v) is 31.6. The van der Waals surface area contributed by atoms with Gasteiger partial charge < -0.3 is 25.3 Å². The fourth-order valence-corrected chi connectivity index (χ4v) is 7.17. The predicted molar refractivity (Wildman–Crippen MR) is 194 cm³/mol. The third-order valence-corrected chi connectivity index (χ3v) is 13.9. The number of rotatable bonds is 14. The topological polar surface area (TPSA) is 137 Å². The first-order chi connectivity index (χ1) is 21.5. The lowest BCUT2D eigenvalue weighted by Crippen LogP contribution is -2.47. The number of hydrogen-bond donors (Lipinski definition) is 5. The van der Waals surface area contributed by atoms with E-state index in [2.05, 4.69) is 63.1 Å². The second-order valence-electron chi connectivity index (χ2n) is 14.1. The van der Waals surface area contributed by atoms with E-state index in [9.17, 15) is 23.4 Å². The van der Waals surface area contributed by atoms with Crippen LogP contribution in [0.2, 0.25) is 28.2 Å². The quantitative estimate of drug-likeness (QED) is 0.0869. The van der Waals surface area contributed by atoms with Crippen LogP contribution in [0.4, 0.5) is 5.69 Å². The summed E-state index contributed by atoms with van der Waals surface area (Å²) >= 11 is 12.0. The number of phenolic OH excluding ortho intramolecular Hbond substituents is 2. The maximum absolute atomic E-state index is 12.7. The summed E-state index contributed by atoms with van der Waals surface area (Å²) in [7, 11) is -5.87. The van der Waals surface area contributed by atoms with E-state index in [4.69, 9.17) is 27.6 Å². The van der Waals surface area contributed by atoms with Crippen molar-refractivity contribution in [3.05, 3.63) is 86.9 Å². The maximum Gasteiger partial charge on any atom is 0.229 e. The van der Waals surface area contributed by atoms with Crippen molar-refractivity contribution in [2.75, 3.05) is 17.5 Å². The Morgan fingerprint density at radius 2 is 1.64 bits per heavy atom. The van der Waals surface area contributed by atoms with Crippen molar-refractivity contribution in [2.45, 2.75) is 83.8 Å². The first kappa shape index (κ1) is 38.6. The molecule has 0 aliphatic carbocycles. The molecule has 0 heterocycles. The lowest BCUT2D eigenvalue weighted by molar-refractivity contribution is -0.120. The Hall–Kier alpha value is -2.80. The summed E-state index contributed by atoms with van der Waals surface area (Å²) in [5.74, 6) is -0.486. The van der Waals surface area contributed by atoms with Crippen LogP contribution in [0.1, 0.15) is 63.0 Å². The van der Waals surface area contributed by atoms with E-state index in [1.807, 2.05) is 24.3 Å². The molecule has 1 amide bonds. The van der Waals surface area contributed by atoms with Crippen LogP contribution in [0, 0.1) is 0 Å². The molecule has 3 aromatic rings.